The van der Waals surface area contributed by atoms with Gasteiger partial charge in [-0.2, -0.15) is 27.5 Å². The molecular weight excluding hydrogens is 259 g/mol. The largest absolute Gasteiger partial charge is 0.452 e. The van der Waals surface area contributed by atoms with E-state index in [1.807, 2.05) is 0 Å². The number of rotatable bonds is 3. The molecule has 2 aromatic heterocycles. The van der Waals surface area contributed by atoms with E-state index in [-0.39, 0.29) is 11.7 Å². The molecule has 2 aromatic rings. The molecule has 10 heteroatoms. The van der Waals surface area contributed by atoms with Crippen molar-refractivity contribution in [3.05, 3.63) is 17.5 Å². The summed E-state index contributed by atoms with van der Waals surface area (Å²) in [6, 6.07) is 0. The number of aromatic nitrogens is 4. The first-order chi connectivity index (χ1) is 7.95. The maximum atomic E-state index is 12.2. The maximum absolute atomic E-state index is 12.2. The molecule has 0 atom stereocenters. The molecular formula is C7H6F3N5OS. The minimum Gasteiger partial charge on any atom is -0.353 e. The quantitative estimate of drug-likeness (QED) is 0.912. The Balaban J connectivity index is 1.98. The Labute approximate surface area is 97.0 Å². The Bertz CT molecular complexity index is 508. The molecule has 92 valence electrons. The fourth-order valence-corrected chi connectivity index (χ4v) is 1.56. The molecule has 0 saturated heterocycles. The van der Waals surface area contributed by atoms with Crippen LogP contribution in [0.3, 0.4) is 0 Å². The van der Waals surface area contributed by atoms with Gasteiger partial charge in [0.15, 0.2) is 5.82 Å². The molecule has 2 heterocycles. The highest BCUT2D eigenvalue weighted by Gasteiger charge is 2.36. The summed E-state index contributed by atoms with van der Waals surface area (Å²) < 4.78 is 44.4. The van der Waals surface area contributed by atoms with Crippen LogP contribution in [0.1, 0.15) is 17.5 Å². The molecule has 0 aliphatic carbocycles. The van der Waals surface area contributed by atoms with Gasteiger partial charge in [-0.05, 0) is 0 Å². The lowest BCUT2D eigenvalue weighted by Gasteiger charge is -1.98. The zero-order valence-electron chi connectivity index (χ0n) is 8.45. The second kappa shape index (κ2) is 4.28. The highest BCUT2D eigenvalue weighted by molar-refractivity contribution is 7.09. The number of nitrogens with zero attached hydrogens (tertiary/aromatic N) is 4. The molecule has 0 bridgehead atoms. The zero-order valence-corrected chi connectivity index (χ0v) is 9.26. The fraction of sp³-hybridized carbons (Fsp3) is 0.429. The molecule has 6 nitrogen and oxygen atoms in total. The van der Waals surface area contributed by atoms with Gasteiger partial charge in [0.25, 0.3) is 0 Å². The van der Waals surface area contributed by atoms with Gasteiger partial charge in [0.2, 0.25) is 16.8 Å². The Morgan fingerprint density at radius 2 is 2.12 bits per heavy atom. The van der Waals surface area contributed by atoms with Crippen molar-refractivity contribution < 1.29 is 17.7 Å². The first-order valence-electron chi connectivity index (χ1n) is 4.39. The summed E-state index contributed by atoms with van der Waals surface area (Å²) in [5, 5.41) is 6.25. The monoisotopic (exact) mass is 265 g/mol. The Hall–Kier alpha value is -1.71. The molecule has 0 amide bonds. The summed E-state index contributed by atoms with van der Waals surface area (Å²) in [6.45, 7) is 1.74. The standard InChI is InChI=1S/C7H6F3N5OS/c1-3-12-4(14-16-3)2-11-6-13-5(15-17-6)7(8,9)10/h2H2,1H3,(H,11,13,15). The average molecular weight is 265 g/mol. The van der Waals surface area contributed by atoms with Crippen LogP contribution in [0.15, 0.2) is 4.52 Å². The topological polar surface area (TPSA) is 76.7 Å². The molecule has 0 spiro atoms. The minimum absolute atomic E-state index is 0.0554. The van der Waals surface area contributed by atoms with E-state index in [1.54, 1.807) is 6.92 Å². The predicted molar refractivity (Wildman–Crippen MR) is 51.3 cm³/mol. The SMILES string of the molecule is Cc1nc(CNc2nc(C(F)(F)F)ns2)no1. The van der Waals surface area contributed by atoms with E-state index in [0.29, 0.717) is 23.2 Å². The highest BCUT2D eigenvalue weighted by Crippen LogP contribution is 2.28. The maximum Gasteiger partial charge on any atom is 0.452 e. The van der Waals surface area contributed by atoms with Crippen LogP contribution in [0.4, 0.5) is 18.3 Å². The van der Waals surface area contributed by atoms with Crippen molar-refractivity contribution in [2.45, 2.75) is 19.6 Å². The summed E-state index contributed by atoms with van der Waals surface area (Å²) in [5.74, 6) is -0.435. The molecule has 17 heavy (non-hydrogen) atoms. The third-order valence-corrected chi connectivity index (χ3v) is 2.32. The van der Waals surface area contributed by atoms with E-state index < -0.39 is 12.0 Å². The van der Waals surface area contributed by atoms with Crippen LogP contribution in [0.5, 0.6) is 0 Å². The number of halogens is 3. The highest BCUT2D eigenvalue weighted by atomic mass is 32.1. The van der Waals surface area contributed by atoms with Gasteiger partial charge < -0.3 is 9.84 Å². The van der Waals surface area contributed by atoms with Crippen molar-refractivity contribution in [3.8, 4) is 0 Å². The molecule has 0 radical (unpaired) electrons. The van der Waals surface area contributed by atoms with Crippen molar-refractivity contribution in [3.63, 3.8) is 0 Å². The van der Waals surface area contributed by atoms with Crippen LogP contribution in [0.2, 0.25) is 0 Å². The number of anilines is 1. The third-order valence-electron chi connectivity index (χ3n) is 1.65. The molecule has 1 N–H and O–H groups in total. The first-order valence-corrected chi connectivity index (χ1v) is 5.16. The first kappa shape index (κ1) is 11.8. The van der Waals surface area contributed by atoms with E-state index in [9.17, 15) is 13.2 Å². The Morgan fingerprint density at radius 3 is 2.65 bits per heavy atom. The normalized spacial score (nSPS) is 11.8. The average Bonchev–Trinajstić information content (AvgIpc) is 2.82. The van der Waals surface area contributed by atoms with Crippen molar-refractivity contribution in [1.29, 1.82) is 0 Å². The Kier molecular flexibility index (Phi) is 2.96. The van der Waals surface area contributed by atoms with E-state index in [1.165, 1.54) is 0 Å². The summed E-state index contributed by atoms with van der Waals surface area (Å²) in [4.78, 5) is 7.16. The molecule has 2 rings (SSSR count). The minimum atomic E-state index is -4.53. The predicted octanol–water partition coefficient (Wildman–Crippen LogP) is 1.86. The van der Waals surface area contributed by atoms with Crippen LogP contribution in [0, 0.1) is 6.92 Å². The van der Waals surface area contributed by atoms with Crippen molar-refractivity contribution >= 4 is 16.7 Å². The van der Waals surface area contributed by atoms with Crippen molar-refractivity contribution in [1.82, 2.24) is 19.5 Å². The van der Waals surface area contributed by atoms with Gasteiger partial charge >= 0.3 is 6.18 Å². The summed E-state index contributed by atoms with van der Waals surface area (Å²) >= 11 is 0.624. The number of hydrogen-bond acceptors (Lipinski definition) is 7. The number of alkyl halides is 3. The van der Waals surface area contributed by atoms with Gasteiger partial charge in [-0.15, -0.1) is 0 Å². The molecule has 0 fully saturated rings. The van der Waals surface area contributed by atoms with Gasteiger partial charge in [-0.3, -0.25) is 0 Å². The van der Waals surface area contributed by atoms with Gasteiger partial charge in [0.1, 0.15) is 0 Å². The van der Waals surface area contributed by atoms with Gasteiger partial charge in [-0.25, -0.2) is 0 Å². The lowest BCUT2D eigenvalue weighted by atomic mass is 10.6. The van der Waals surface area contributed by atoms with E-state index >= 15 is 0 Å². The summed E-state index contributed by atoms with van der Waals surface area (Å²) in [5.41, 5.74) is 0. The second-order valence-electron chi connectivity index (χ2n) is 3.00. The van der Waals surface area contributed by atoms with E-state index in [2.05, 4.69) is 24.8 Å². The summed E-state index contributed by atoms with van der Waals surface area (Å²) in [7, 11) is 0. The van der Waals surface area contributed by atoms with Crippen LogP contribution in [-0.4, -0.2) is 19.5 Å². The van der Waals surface area contributed by atoms with Crippen molar-refractivity contribution in [2.24, 2.45) is 0 Å². The third kappa shape index (κ3) is 2.90. The van der Waals surface area contributed by atoms with Crippen LogP contribution in [0.25, 0.3) is 0 Å². The number of nitrogens with one attached hydrogen (secondary N) is 1. The number of aryl methyl sites for hydroxylation is 1. The summed E-state index contributed by atoms with van der Waals surface area (Å²) in [6.07, 6.45) is -4.53. The van der Waals surface area contributed by atoms with Gasteiger partial charge in [-0.1, -0.05) is 5.16 Å². The lowest BCUT2D eigenvalue weighted by Crippen LogP contribution is -2.08. The molecule has 0 unspecified atom stereocenters. The molecule has 0 aliphatic heterocycles. The van der Waals surface area contributed by atoms with Crippen LogP contribution in [-0.2, 0) is 12.7 Å². The fourth-order valence-electron chi connectivity index (χ4n) is 0.978. The molecule has 0 aliphatic rings. The molecule has 0 saturated carbocycles. The lowest BCUT2D eigenvalue weighted by molar-refractivity contribution is -0.144. The number of hydrogen-bond donors (Lipinski definition) is 1. The smallest absolute Gasteiger partial charge is 0.353 e. The molecule has 0 aromatic carbocycles. The van der Waals surface area contributed by atoms with Gasteiger partial charge in [0.05, 0.1) is 6.54 Å². The Morgan fingerprint density at radius 1 is 1.35 bits per heavy atom. The van der Waals surface area contributed by atoms with E-state index in [0.717, 1.165) is 0 Å². The van der Waals surface area contributed by atoms with Gasteiger partial charge in [0, 0.05) is 18.5 Å². The second-order valence-corrected chi connectivity index (χ2v) is 3.76. The van der Waals surface area contributed by atoms with E-state index in [4.69, 9.17) is 4.52 Å². The zero-order chi connectivity index (χ0) is 12.5. The van der Waals surface area contributed by atoms with Crippen LogP contribution < -0.4 is 5.32 Å². The van der Waals surface area contributed by atoms with Crippen LogP contribution >= 0.6 is 11.5 Å². The van der Waals surface area contributed by atoms with Crippen molar-refractivity contribution in [2.75, 3.05) is 5.32 Å².